The zero-order valence-electron chi connectivity index (χ0n) is 11.0. The summed E-state index contributed by atoms with van der Waals surface area (Å²) < 4.78 is 15.3. The lowest BCUT2D eigenvalue weighted by molar-refractivity contribution is 0.100. The molecule has 1 heterocycles. The molecule has 0 aliphatic rings. The van der Waals surface area contributed by atoms with Crippen LogP contribution in [-0.4, -0.2) is 10.5 Å². The number of fused-ring (bicyclic) bond motifs is 1. The molecule has 2 aromatic carbocycles. The van der Waals surface area contributed by atoms with Crippen molar-refractivity contribution in [2.45, 2.75) is 6.54 Å². The SMILES string of the molecule is NC(=O)c1ccc(Cn2ccc3ccc(F)cc32)c(Cl)c1. The quantitative estimate of drug-likeness (QED) is 0.790. The second kappa shape index (κ2) is 5.22. The highest BCUT2D eigenvalue weighted by Gasteiger charge is 2.08. The summed E-state index contributed by atoms with van der Waals surface area (Å²) in [7, 11) is 0. The highest BCUT2D eigenvalue weighted by atomic mass is 35.5. The summed E-state index contributed by atoms with van der Waals surface area (Å²) in [5.41, 5.74) is 7.22. The molecular formula is C16H12ClFN2O. The predicted molar refractivity (Wildman–Crippen MR) is 81.0 cm³/mol. The summed E-state index contributed by atoms with van der Waals surface area (Å²) in [6.45, 7) is 0.491. The Morgan fingerprint density at radius 2 is 2.00 bits per heavy atom. The van der Waals surface area contributed by atoms with Crippen LogP contribution in [0.1, 0.15) is 15.9 Å². The van der Waals surface area contributed by atoms with Crippen LogP contribution in [0.2, 0.25) is 5.02 Å². The molecule has 0 fully saturated rings. The summed E-state index contributed by atoms with van der Waals surface area (Å²) in [6, 6.07) is 11.5. The maximum atomic E-state index is 13.4. The number of benzene rings is 2. The van der Waals surface area contributed by atoms with Gasteiger partial charge in [0, 0.05) is 23.3 Å². The van der Waals surface area contributed by atoms with Crippen LogP contribution in [0, 0.1) is 5.82 Å². The molecule has 21 heavy (non-hydrogen) atoms. The topological polar surface area (TPSA) is 48.0 Å². The van der Waals surface area contributed by atoms with Crippen molar-refractivity contribution in [2.24, 2.45) is 5.73 Å². The van der Waals surface area contributed by atoms with Crippen molar-refractivity contribution in [1.82, 2.24) is 4.57 Å². The van der Waals surface area contributed by atoms with Crippen molar-refractivity contribution in [1.29, 1.82) is 0 Å². The Morgan fingerprint density at radius 1 is 1.19 bits per heavy atom. The van der Waals surface area contributed by atoms with Gasteiger partial charge in [-0.2, -0.15) is 0 Å². The van der Waals surface area contributed by atoms with Crippen LogP contribution < -0.4 is 5.73 Å². The minimum atomic E-state index is -0.517. The molecule has 5 heteroatoms. The third-order valence-corrected chi connectivity index (χ3v) is 3.77. The number of primary amides is 1. The molecule has 0 spiro atoms. The molecule has 0 bridgehead atoms. The summed E-state index contributed by atoms with van der Waals surface area (Å²) in [5.74, 6) is -0.797. The van der Waals surface area contributed by atoms with E-state index in [4.69, 9.17) is 17.3 Å². The minimum Gasteiger partial charge on any atom is -0.366 e. The van der Waals surface area contributed by atoms with Gasteiger partial charge in [0.25, 0.3) is 0 Å². The lowest BCUT2D eigenvalue weighted by Crippen LogP contribution is -2.11. The van der Waals surface area contributed by atoms with E-state index in [-0.39, 0.29) is 5.82 Å². The molecule has 3 rings (SSSR count). The van der Waals surface area contributed by atoms with Crippen LogP contribution in [0.5, 0.6) is 0 Å². The second-order valence-corrected chi connectivity index (χ2v) is 5.22. The average molecular weight is 303 g/mol. The largest absolute Gasteiger partial charge is 0.366 e. The van der Waals surface area contributed by atoms with E-state index >= 15 is 0 Å². The normalized spacial score (nSPS) is 11.0. The van der Waals surface area contributed by atoms with E-state index in [2.05, 4.69) is 0 Å². The van der Waals surface area contributed by atoms with Crippen LogP contribution in [0.3, 0.4) is 0 Å². The van der Waals surface area contributed by atoms with Gasteiger partial charge in [-0.1, -0.05) is 17.7 Å². The molecule has 0 radical (unpaired) electrons. The summed E-state index contributed by atoms with van der Waals surface area (Å²) in [6.07, 6.45) is 1.88. The van der Waals surface area contributed by atoms with E-state index in [0.29, 0.717) is 17.1 Å². The molecule has 1 amide bonds. The Morgan fingerprint density at radius 3 is 2.71 bits per heavy atom. The summed E-state index contributed by atoms with van der Waals surface area (Å²) in [4.78, 5) is 11.1. The number of carbonyl (C=O) groups is 1. The molecule has 0 aliphatic heterocycles. The standard InChI is InChI=1S/C16H12ClFN2O/c17-14-7-11(16(19)21)1-2-12(14)9-20-6-5-10-3-4-13(18)8-15(10)20/h1-8H,9H2,(H2,19,21). The van der Waals surface area contributed by atoms with Crippen molar-refractivity contribution < 1.29 is 9.18 Å². The predicted octanol–water partition coefficient (Wildman–Crippen LogP) is 3.58. The van der Waals surface area contributed by atoms with E-state index in [0.717, 1.165) is 16.5 Å². The van der Waals surface area contributed by atoms with Crippen LogP contribution in [0.4, 0.5) is 4.39 Å². The van der Waals surface area contributed by atoms with E-state index in [1.165, 1.54) is 12.1 Å². The number of nitrogens with two attached hydrogens (primary N) is 1. The van der Waals surface area contributed by atoms with Crippen LogP contribution in [0.15, 0.2) is 48.7 Å². The smallest absolute Gasteiger partial charge is 0.248 e. The first kappa shape index (κ1) is 13.6. The minimum absolute atomic E-state index is 0.280. The lowest BCUT2D eigenvalue weighted by Gasteiger charge is -2.09. The zero-order valence-corrected chi connectivity index (χ0v) is 11.8. The third kappa shape index (κ3) is 2.62. The molecule has 0 saturated heterocycles. The fourth-order valence-electron chi connectivity index (χ4n) is 2.31. The lowest BCUT2D eigenvalue weighted by atomic mass is 10.1. The molecule has 3 aromatic rings. The Bertz CT molecular complexity index is 841. The van der Waals surface area contributed by atoms with Crippen molar-refractivity contribution in [3.63, 3.8) is 0 Å². The number of carbonyl (C=O) groups excluding carboxylic acids is 1. The summed E-state index contributed by atoms with van der Waals surface area (Å²) in [5, 5.41) is 1.42. The number of nitrogens with zero attached hydrogens (tertiary/aromatic N) is 1. The van der Waals surface area contributed by atoms with Crippen LogP contribution >= 0.6 is 11.6 Å². The van der Waals surface area contributed by atoms with Gasteiger partial charge in [0.15, 0.2) is 0 Å². The molecule has 106 valence electrons. The van der Waals surface area contributed by atoms with Gasteiger partial charge in [-0.3, -0.25) is 4.79 Å². The first-order chi connectivity index (χ1) is 10.0. The molecule has 0 unspecified atom stereocenters. The van der Waals surface area contributed by atoms with Gasteiger partial charge in [-0.25, -0.2) is 4.39 Å². The molecule has 2 N–H and O–H groups in total. The fourth-order valence-corrected chi connectivity index (χ4v) is 2.55. The van der Waals surface area contributed by atoms with Crippen molar-refractivity contribution in [3.05, 3.63) is 70.6 Å². The number of rotatable bonds is 3. The van der Waals surface area contributed by atoms with Gasteiger partial charge in [0.1, 0.15) is 5.82 Å². The maximum absolute atomic E-state index is 13.4. The van der Waals surface area contributed by atoms with E-state index < -0.39 is 5.91 Å². The number of amides is 1. The Balaban J connectivity index is 1.99. The number of aromatic nitrogens is 1. The van der Waals surface area contributed by atoms with Gasteiger partial charge in [-0.15, -0.1) is 0 Å². The molecule has 1 aromatic heterocycles. The molecule has 0 atom stereocenters. The fraction of sp³-hybridized carbons (Fsp3) is 0.0625. The monoisotopic (exact) mass is 302 g/mol. The van der Waals surface area contributed by atoms with E-state index in [1.54, 1.807) is 24.3 Å². The average Bonchev–Trinajstić information content (AvgIpc) is 2.83. The Labute approximate surface area is 125 Å². The van der Waals surface area contributed by atoms with E-state index in [1.807, 2.05) is 16.8 Å². The molecule has 3 nitrogen and oxygen atoms in total. The highest BCUT2D eigenvalue weighted by molar-refractivity contribution is 6.31. The van der Waals surface area contributed by atoms with Gasteiger partial charge in [-0.05, 0) is 47.3 Å². The van der Waals surface area contributed by atoms with Crippen LogP contribution in [0.25, 0.3) is 10.9 Å². The van der Waals surface area contributed by atoms with Crippen molar-refractivity contribution >= 4 is 28.4 Å². The first-order valence-electron chi connectivity index (χ1n) is 6.37. The highest BCUT2D eigenvalue weighted by Crippen LogP contribution is 2.22. The van der Waals surface area contributed by atoms with Gasteiger partial charge in [0.2, 0.25) is 5.91 Å². The number of hydrogen-bond acceptors (Lipinski definition) is 1. The Hall–Kier alpha value is -2.33. The maximum Gasteiger partial charge on any atom is 0.248 e. The van der Waals surface area contributed by atoms with Crippen LogP contribution in [-0.2, 0) is 6.54 Å². The number of hydrogen-bond donors (Lipinski definition) is 1. The molecular weight excluding hydrogens is 291 g/mol. The second-order valence-electron chi connectivity index (χ2n) is 4.82. The van der Waals surface area contributed by atoms with Crippen molar-refractivity contribution in [3.8, 4) is 0 Å². The summed E-state index contributed by atoms with van der Waals surface area (Å²) >= 11 is 6.18. The van der Waals surface area contributed by atoms with Crippen molar-refractivity contribution in [2.75, 3.05) is 0 Å². The zero-order chi connectivity index (χ0) is 15.0. The number of halogens is 2. The first-order valence-corrected chi connectivity index (χ1v) is 6.75. The Kier molecular flexibility index (Phi) is 3.39. The van der Waals surface area contributed by atoms with E-state index in [9.17, 15) is 9.18 Å². The van der Waals surface area contributed by atoms with Gasteiger partial charge >= 0.3 is 0 Å². The van der Waals surface area contributed by atoms with Gasteiger partial charge < -0.3 is 10.3 Å². The third-order valence-electron chi connectivity index (χ3n) is 3.41. The molecule has 0 aliphatic carbocycles. The van der Waals surface area contributed by atoms with Gasteiger partial charge in [0.05, 0.1) is 5.52 Å². The molecule has 0 saturated carbocycles.